The molecule has 0 aliphatic carbocycles. The highest BCUT2D eigenvalue weighted by Crippen LogP contribution is 2.26. The van der Waals surface area contributed by atoms with E-state index in [-0.39, 0.29) is 30.0 Å². The first-order valence-corrected chi connectivity index (χ1v) is 10.9. The summed E-state index contributed by atoms with van der Waals surface area (Å²) < 4.78 is 51.8. The van der Waals surface area contributed by atoms with E-state index in [0.717, 1.165) is 11.4 Å². The lowest BCUT2D eigenvalue weighted by molar-refractivity contribution is -0.0343. The molecule has 0 fully saturated rings. The molecule has 0 N–H and O–H groups in total. The zero-order chi connectivity index (χ0) is 22.7. The Morgan fingerprint density at radius 2 is 1.00 bits per heavy atom. The number of hydrogen-bond donors (Lipinski definition) is 0. The van der Waals surface area contributed by atoms with Crippen LogP contribution in [0.2, 0.25) is 0 Å². The van der Waals surface area contributed by atoms with E-state index in [1.54, 1.807) is 77.0 Å². The van der Waals surface area contributed by atoms with Crippen LogP contribution in [0.15, 0.2) is 58.3 Å². The summed E-state index contributed by atoms with van der Waals surface area (Å²) in [6, 6.07) is 13.2. The lowest BCUT2D eigenvalue weighted by Crippen LogP contribution is -2.28. The monoisotopic (exact) mass is 454 g/mol. The van der Waals surface area contributed by atoms with Gasteiger partial charge in [0.1, 0.15) is 33.7 Å². The van der Waals surface area contributed by atoms with Gasteiger partial charge in [-0.1, -0.05) is 0 Å². The first kappa shape index (κ1) is 25.1. The van der Waals surface area contributed by atoms with Gasteiger partial charge in [-0.25, -0.2) is 8.42 Å². The molecule has 172 valence electrons. The summed E-state index contributed by atoms with van der Waals surface area (Å²) in [4.78, 5) is 4.05. The fourth-order valence-electron chi connectivity index (χ4n) is 2.88. The number of anilines is 2. The molecule has 0 aliphatic heterocycles. The summed E-state index contributed by atoms with van der Waals surface area (Å²) in [5.74, 6) is 0. The highest BCUT2D eigenvalue weighted by molar-refractivity contribution is 7.91. The molecule has 0 aromatic heterocycles. The Morgan fingerprint density at radius 3 is 1.35 bits per heavy atom. The van der Waals surface area contributed by atoms with E-state index in [2.05, 4.69) is 0 Å². The number of nitrogens with zero attached hydrogens (tertiary/aromatic N) is 2. The van der Waals surface area contributed by atoms with Crippen LogP contribution in [0.5, 0.6) is 0 Å². The van der Waals surface area contributed by atoms with Crippen molar-refractivity contribution in [2.45, 2.75) is 9.79 Å². The molecule has 2 rings (SSSR count). The normalized spacial score (nSPS) is 11.5. The van der Waals surface area contributed by atoms with Crippen LogP contribution >= 0.6 is 0 Å². The van der Waals surface area contributed by atoms with Crippen molar-refractivity contribution < 1.29 is 32.1 Å². The minimum Gasteiger partial charge on any atom is -0.364 e. The number of benzene rings is 2. The van der Waals surface area contributed by atoms with Gasteiger partial charge in [-0.15, -0.1) is 0 Å². The second-order valence-corrected chi connectivity index (χ2v) is 8.51. The van der Waals surface area contributed by atoms with Crippen molar-refractivity contribution in [3.05, 3.63) is 48.5 Å². The fourth-order valence-corrected chi connectivity index (χ4v) is 4.14. The Labute approximate surface area is 183 Å². The van der Waals surface area contributed by atoms with Crippen LogP contribution in [0, 0.1) is 0 Å². The molecule has 0 saturated carbocycles. The van der Waals surface area contributed by atoms with Gasteiger partial charge in [0, 0.05) is 39.8 Å². The number of sulfone groups is 1. The highest BCUT2D eigenvalue weighted by Gasteiger charge is 2.19. The van der Waals surface area contributed by atoms with E-state index in [1.165, 1.54) is 0 Å². The fraction of sp³-hybridized carbons (Fsp3) is 0.429. The summed E-state index contributed by atoms with van der Waals surface area (Å²) in [6.45, 7) is 1.33. The van der Waals surface area contributed by atoms with Crippen LogP contribution in [-0.2, 0) is 33.5 Å². The van der Waals surface area contributed by atoms with Crippen LogP contribution in [0.1, 0.15) is 0 Å². The molecule has 0 aliphatic rings. The van der Waals surface area contributed by atoms with Gasteiger partial charge in [-0.2, -0.15) is 0 Å². The van der Waals surface area contributed by atoms with Crippen LogP contribution in [0.3, 0.4) is 0 Å². The smallest absolute Gasteiger partial charge is 0.206 e. The molecule has 31 heavy (non-hydrogen) atoms. The maximum absolute atomic E-state index is 13.0. The van der Waals surface area contributed by atoms with Gasteiger partial charge in [-0.3, -0.25) is 0 Å². The number of ether oxygens (including phenoxy) is 5. The van der Waals surface area contributed by atoms with Crippen molar-refractivity contribution in [2.75, 3.05) is 72.0 Å². The second kappa shape index (κ2) is 12.6. The molecule has 2 aromatic rings. The predicted molar refractivity (Wildman–Crippen MR) is 117 cm³/mol. The van der Waals surface area contributed by atoms with Crippen molar-refractivity contribution >= 4 is 21.2 Å². The molecule has 0 amide bonds. The van der Waals surface area contributed by atoms with E-state index >= 15 is 0 Å². The van der Waals surface area contributed by atoms with Crippen molar-refractivity contribution in [3.8, 4) is 0 Å². The molecular formula is C21H30N2O7S. The maximum atomic E-state index is 13.0. The number of hydrogen-bond acceptors (Lipinski definition) is 9. The van der Waals surface area contributed by atoms with Crippen LogP contribution in [0.4, 0.5) is 11.4 Å². The molecule has 0 atom stereocenters. The summed E-state index contributed by atoms with van der Waals surface area (Å²) in [5.41, 5.74) is 1.56. The molecule has 2 aromatic carbocycles. The average molecular weight is 455 g/mol. The Balaban J connectivity index is 2.19. The molecule has 0 heterocycles. The first-order chi connectivity index (χ1) is 15.0. The third kappa shape index (κ3) is 6.89. The second-order valence-electron chi connectivity index (χ2n) is 6.56. The zero-order valence-electron chi connectivity index (χ0n) is 18.3. The van der Waals surface area contributed by atoms with E-state index in [1.807, 2.05) is 9.80 Å². The zero-order valence-corrected chi connectivity index (χ0v) is 19.1. The van der Waals surface area contributed by atoms with E-state index in [0.29, 0.717) is 13.5 Å². The van der Waals surface area contributed by atoms with Crippen molar-refractivity contribution in [1.29, 1.82) is 0 Å². The highest BCUT2D eigenvalue weighted by atomic mass is 32.2. The minimum atomic E-state index is -3.66. The van der Waals surface area contributed by atoms with Gasteiger partial charge in [-0.05, 0) is 48.5 Å². The van der Waals surface area contributed by atoms with Gasteiger partial charge in [0.05, 0.1) is 9.79 Å². The summed E-state index contributed by atoms with van der Waals surface area (Å²) >= 11 is 0. The van der Waals surface area contributed by atoms with Crippen molar-refractivity contribution in [1.82, 2.24) is 0 Å². The average Bonchev–Trinajstić information content (AvgIpc) is 2.79. The molecule has 0 bridgehead atoms. The van der Waals surface area contributed by atoms with E-state index in [4.69, 9.17) is 23.7 Å². The third-order valence-corrected chi connectivity index (χ3v) is 6.11. The topological polar surface area (TPSA) is 86.8 Å². The lowest BCUT2D eigenvalue weighted by Gasteiger charge is -2.23. The summed E-state index contributed by atoms with van der Waals surface area (Å²) in [5, 5.41) is 0. The summed E-state index contributed by atoms with van der Waals surface area (Å²) in [6.07, 6.45) is 0. The SMILES string of the molecule is COCOCN(COC)c1ccc(S(=O)(=O)c2ccc(N(COC)COC)cc2)cc1. The number of rotatable bonds is 14. The Kier molecular flexibility index (Phi) is 10.2. The third-order valence-electron chi connectivity index (χ3n) is 4.33. The molecule has 0 unspecified atom stereocenters. The van der Waals surface area contributed by atoms with Gasteiger partial charge in [0.15, 0.2) is 0 Å². The van der Waals surface area contributed by atoms with E-state index < -0.39 is 9.84 Å². The molecular weight excluding hydrogens is 424 g/mol. The molecule has 0 radical (unpaired) electrons. The molecule has 10 heteroatoms. The quantitative estimate of drug-likeness (QED) is 0.316. The maximum Gasteiger partial charge on any atom is 0.206 e. The predicted octanol–water partition coefficient (Wildman–Crippen LogP) is 2.52. The van der Waals surface area contributed by atoms with Gasteiger partial charge >= 0.3 is 0 Å². The van der Waals surface area contributed by atoms with Crippen molar-refractivity contribution in [3.63, 3.8) is 0 Å². The molecule has 9 nitrogen and oxygen atoms in total. The first-order valence-electron chi connectivity index (χ1n) is 9.46. The van der Waals surface area contributed by atoms with Gasteiger partial charge in [0.25, 0.3) is 0 Å². The number of methoxy groups -OCH3 is 4. The van der Waals surface area contributed by atoms with Gasteiger partial charge < -0.3 is 33.5 Å². The largest absolute Gasteiger partial charge is 0.364 e. The van der Waals surface area contributed by atoms with Crippen molar-refractivity contribution in [2.24, 2.45) is 0 Å². The van der Waals surface area contributed by atoms with Crippen LogP contribution < -0.4 is 9.80 Å². The Morgan fingerprint density at radius 1 is 0.613 bits per heavy atom. The van der Waals surface area contributed by atoms with Crippen LogP contribution in [-0.4, -0.2) is 70.6 Å². The van der Waals surface area contributed by atoms with Gasteiger partial charge in [0.2, 0.25) is 9.84 Å². The standard InChI is InChI=1S/C21H30N2O7S/c1-26-13-22(14-27-2)18-5-9-20(10-6-18)31(24,25)21-11-7-19(8-12-21)23(15-28-3)16-30-17-29-4/h5-12H,13-17H2,1-4H3. The van der Waals surface area contributed by atoms with E-state index in [9.17, 15) is 8.42 Å². The summed E-state index contributed by atoms with van der Waals surface area (Å²) in [7, 11) is 2.63. The Bertz CT molecular complexity index is 868. The molecule has 0 saturated heterocycles. The molecule has 0 spiro atoms. The lowest BCUT2D eigenvalue weighted by atomic mass is 10.3. The Hall–Kier alpha value is -2.21. The minimum absolute atomic E-state index is 0.148. The van der Waals surface area contributed by atoms with Crippen LogP contribution in [0.25, 0.3) is 0 Å².